The average molecular weight is 321 g/mol. The summed E-state index contributed by atoms with van der Waals surface area (Å²) in [6.07, 6.45) is 6.30. The third kappa shape index (κ3) is 6.03. The van der Waals surface area contributed by atoms with E-state index in [1.54, 1.807) is 7.11 Å². The number of halogens is 1. The maximum absolute atomic E-state index is 5.68. The lowest BCUT2D eigenvalue weighted by atomic mass is 9.75. The van der Waals surface area contributed by atoms with Crippen LogP contribution in [0, 0.1) is 17.8 Å². The topological polar surface area (TPSA) is 18.5 Å². The van der Waals surface area contributed by atoms with Crippen LogP contribution in [0.5, 0.6) is 0 Å². The lowest BCUT2D eigenvalue weighted by Gasteiger charge is -2.35. The predicted octanol–water partition coefficient (Wildman–Crippen LogP) is 4.27. The van der Waals surface area contributed by atoms with Crippen LogP contribution in [-0.2, 0) is 9.47 Å². The molecule has 3 unspecified atom stereocenters. The molecule has 0 saturated heterocycles. The van der Waals surface area contributed by atoms with Gasteiger partial charge in [0.1, 0.15) is 0 Å². The van der Waals surface area contributed by atoms with Gasteiger partial charge in [0.2, 0.25) is 0 Å². The summed E-state index contributed by atoms with van der Waals surface area (Å²) in [5.41, 5.74) is 0. The molecule has 108 valence electrons. The molecule has 0 aromatic rings. The Morgan fingerprint density at radius 3 is 2.61 bits per heavy atom. The summed E-state index contributed by atoms with van der Waals surface area (Å²) in [7, 11) is 1.74. The molecule has 2 nitrogen and oxygen atoms in total. The minimum atomic E-state index is 0.704. The van der Waals surface area contributed by atoms with Crippen molar-refractivity contribution >= 4 is 15.9 Å². The van der Waals surface area contributed by atoms with Gasteiger partial charge in [0, 0.05) is 31.8 Å². The van der Waals surface area contributed by atoms with Crippen LogP contribution in [0.4, 0.5) is 0 Å². The first-order valence-corrected chi connectivity index (χ1v) is 8.27. The number of alkyl halides is 1. The highest BCUT2D eigenvalue weighted by Crippen LogP contribution is 2.38. The van der Waals surface area contributed by atoms with Gasteiger partial charge in [-0.15, -0.1) is 0 Å². The predicted molar refractivity (Wildman–Crippen MR) is 80.3 cm³/mol. The molecule has 1 aliphatic carbocycles. The van der Waals surface area contributed by atoms with Crippen molar-refractivity contribution in [3.63, 3.8) is 0 Å². The monoisotopic (exact) mass is 320 g/mol. The van der Waals surface area contributed by atoms with Gasteiger partial charge in [-0.25, -0.2) is 0 Å². The molecular formula is C15H29BrO2. The molecule has 1 fully saturated rings. The Labute approximate surface area is 121 Å². The van der Waals surface area contributed by atoms with Crippen LogP contribution >= 0.6 is 15.9 Å². The lowest BCUT2D eigenvalue weighted by molar-refractivity contribution is 0.0854. The second-order valence-electron chi connectivity index (χ2n) is 5.84. The number of rotatable bonds is 8. The van der Waals surface area contributed by atoms with Gasteiger partial charge >= 0.3 is 0 Å². The Morgan fingerprint density at radius 2 is 1.94 bits per heavy atom. The molecule has 0 radical (unpaired) electrons. The van der Waals surface area contributed by atoms with Gasteiger partial charge in [0.25, 0.3) is 0 Å². The van der Waals surface area contributed by atoms with E-state index in [9.17, 15) is 0 Å². The molecule has 3 heteroatoms. The minimum absolute atomic E-state index is 0.704. The van der Waals surface area contributed by atoms with Crippen molar-refractivity contribution in [1.82, 2.24) is 0 Å². The third-order valence-corrected chi connectivity index (χ3v) is 5.35. The first-order valence-electron chi connectivity index (χ1n) is 7.36. The highest BCUT2D eigenvalue weighted by molar-refractivity contribution is 9.09. The lowest BCUT2D eigenvalue weighted by Crippen LogP contribution is -2.28. The van der Waals surface area contributed by atoms with Gasteiger partial charge in [0.15, 0.2) is 0 Å². The largest absolute Gasteiger partial charge is 0.385 e. The normalized spacial score (nSPS) is 28.8. The van der Waals surface area contributed by atoms with Crippen LogP contribution in [-0.4, -0.2) is 31.8 Å². The van der Waals surface area contributed by atoms with E-state index in [1.807, 2.05) is 0 Å². The van der Waals surface area contributed by atoms with E-state index in [0.29, 0.717) is 4.83 Å². The van der Waals surface area contributed by atoms with Crippen molar-refractivity contribution in [2.45, 2.75) is 50.8 Å². The van der Waals surface area contributed by atoms with E-state index in [2.05, 4.69) is 29.8 Å². The number of methoxy groups -OCH3 is 1. The fourth-order valence-corrected chi connectivity index (χ4v) is 3.55. The molecule has 0 aromatic carbocycles. The van der Waals surface area contributed by atoms with Gasteiger partial charge in [-0.1, -0.05) is 29.8 Å². The zero-order valence-corrected chi connectivity index (χ0v) is 13.7. The molecular weight excluding hydrogens is 292 g/mol. The van der Waals surface area contributed by atoms with Gasteiger partial charge in [-0.3, -0.25) is 0 Å². The molecule has 0 aliphatic heterocycles. The van der Waals surface area contributed by atoms with E-state index < -0.39 is 0 Å². The second kappa shape index (κ2) is 9.33. The van der Waals surface area contributed by atoms with Crippen molar-refractivity contribution in [1.29, 1.82) is 0 Å². The van der Waals surface area contributed by atoms with Crippen LogP contribution in [0.15, 0.2) is 0 Å². The summed E-state index contributed by atoms with van der Waals surface area (Å²) in [5, 5.41) is 0. The van der Waals surface area contributed by atoms with Crippen LogP contribution in [0.25, 0.3) is 0 Å². The van der Waals surface area contributed by atoms with Crippen LogP contribution in [0.1, 0.15) is 46.0 Å². The summed E-state index contributed by atoms with van der Waals surface area (Å²) >= 11 is 3.85. The first kappa shape index (κ1) is 16.5. The van der Waals surface area contributed by atoms with E-state index in [-0.39, 0.29) is 0 Å². The Bertz CT molecular complexity index is 209. The Morgan fingerprint density at radius 1 is 1.17 bits per heavy atom. The standard InChI is InChI=1S/C15H29BrO2/c1-12(2)13-5-6-15(16)14(11-13)7-10-18-9-4-8-17-3/h12-15H,4-11H2,1-3H3. The molecule has 0 heterocycles. The summed E-state index contributed by atoms with van der Waals surface area (Å²) in [6, 6.07) is 0. The van der Waals surface area contributed by atoms with Crippen molar-refractivity contribution < 1.29 is 9.47 Å². The molecule has 0 aromatic heterocycles. The first-order chi connectivity index (χ1) is 8.65. The summed E-state index contributed by atoms with van der Waals surface area (Å²) in [5.74, 6) is 2.54. The van der Waals surface area contributed by atoms with E-state index in [0.717, 1.165) is 44.0 Å². The fourth-order valence-electron chi connectivity index (χ4n) is 2.81. The summed E-state index contributed by atoms with van der Waals surface area (Å²) < 4.78 is 10.7. The Balaban J connectivity index is 2.15. The summed E-state index contributed by atoms with van der Waals surface area (Å²) in [6.45, 7) is 7.26. The van der Waals surface area contributed by atoms with E-state index >= 15 is 0 Å². The van der Waals surface area contributed by atoms with Crippen molar-refractivity contribution in [2.24, 2.45) is 17.8 Å². The zero-order valence-electron chi connectivity index (χ0n) is 12.2. The molecule has 18 heavy (non-hydrogen) atoms. The van der Waals surface area contributed by atoms with Crippen LogP contribution < -0.4 is 0 Å². The van der Waals surface area contributed by atoms with E-state index in [4.69, 9.17) is 9.47 Å². The quantitative estimate of drug-likeness (QED) is 0.491. The molecule has 1 saturated carbocycles. The second-order valence-corrected chi connectivity index (χ2v) is 7.02. The van der Waals surface area contributed by atoms with Crippen LogP contribution in [0.3, 0.4) is 0 Å². The third-order valence-electron chi connectivity index (χ3n) is 4.14. The van der Waals surface area contributed by atoms with Gasteiger partial charge in [0.05, 0.1) is 0 Å². The van der Waals surface area contributed by atoms with Gasteiger partial charge in [-0.2, -0.15) is 0 Å². The molecule has 0 amide bonds. The Hall–Kier alpha value is 0.400. The summed E-state index contributed by atoms with van der Waals surface area (Å²) in [4.78, 5) is 0.704. The smallest absolute Gasteiger partial charge is 0.0487 e. The molecule has 1 aliphatic rings. The van der Waals surface area contributed by atoms with Crippen molar-refractivity contribution in [3.8, 4) is 0 Å². The molecule has 0 spiro atoms. The van der Waals surface area contributed by atoms with Gasteiger partial charge in [-0.05, 0) is 49.9 Å². The van der Waals surface area contributed by atoms with Crippen molar-refractivity contribution in [2.75, 3.05) is 26.9 Å². The minimum Gasteiger partial charge on any atom is -0.385 e. The molecule has 1 rings (SSSR count). The number of ether oxygens (including phenoxy) is 2. The van der Waals surface area contributed by atoms with Crippen molar-refractivity contribution in [3.05, 3.63) is 0 Å². The van der Waals surface area contributed by atoms with Gasteiger partial charge < -0.3 is 9.47 Å². The maximum atomic E-state index is 5.68. The highest BCUT2D eigenvalue weighted by Gasteiger charge is 2.29. The number of hydrogen-bond acceptors (Lipinski definition) is 2. The van der Waals surface area contributed by atoms with Crippen LogP contribution in [0.2, 0.25) is 0 Å². The molecule has 0 N–H and O–H groups in total. The fraction of sp³-hybridized carbons (Fsp3) is 1.00. The Kier molecular flexibility index (Phi) is 8.53. The SMILES string of the molecule is COCCCOCCC1CC(C(C)C)CCC1Br. The highest BCUT2D eigenvalue weighted by atomic mass is 79.9. The average Bonchev–Trinajstić information content (AvgIpc) is 2.35. The molecule has 0 bridgehead atoms. The maximum Gasteiger partial charge on any atom is 0.0487 e. The zero-order chi connectivity index (χ0) is 13.4. The van der Waals surface area contributed by atoms with E-state index in [1.165, 1.54) is 25.7 Å². The number of hydrogen-bond donors (Lipinski definition) is 0. The molecule has 3 atom stereocenters.